The molecular formula is C26H29N5O. The number of ether oxygens (including phenoxy) is 1. The molecule has 2 aromatic heterocycles. The summed E-state index contributed by atoms with van der Waals surface area (Å²) < 4.78 is 6.18. The van der Waals surface area contributed by atoms with E-state index < -0.39 is 0 Å². The van der Waals surface area contributed by atoms with Gasteiger partial charge in [0.1, 0.15) is 11.9 Å². The van der Waals surface area contributed by atoms with Crippen molar-refractivity contribution in [3.05, 3.63) is 59.3 Å². The fraction of sp³-hybridized carbons (Fsp3) is 0.462. The van der Waals surface area contributed by atoms with E-state index in [0.717, 1.165) is 73.2 Å². The highest BCUT2D eigenvalue weighted by Crippen LogP contribution is 2.39. The molecule has 0 unspecified atom stereocenters. The zero-order chi connectivity index (χ0) is 21.5. The van der Waals surface area contributed by atoms with Crippen molar-refractivity contribution in [1.29, 1.82) is 0 Å². The smallest absolute Gasteiger partial charge is 0.233 e. The highest BCUT2D eigenvalue weighted by Gasteiger charge is 2.28. The Kier molecular flexibility index (Phi) is 5.10. The molecule has 6 rings (SSSR count). The first kappa shape index (κ1) is 19.8. The van der Waals surface area contributed by atoms with Crippen LogP contribution in [0.15, 0.2) is 36.7 Å². The molecule has 0 atom stereocenters. The topological polar surface area (TPSA) is 64.0 Å². The maximum Gasteiger partial charge on any atom is 0.233 e. The van der Waals surface area contributed by atoms with Gasteiger partial charge in [-0.15, -0.1) is 0 Å². The van der Waals surface area contributed by atoms with Crippen molar-refractivity contribution >= 4 is 16.6 Å². The number of likely N-dealkylation sites (tertiary alicyclic amines) is 1. The van der Waals surface area contributed by atoms with Gasteiger partial charge in [-0.2, -0.15) is 0 Å². The summed E-state index contributed by atoms with van der Waals surface area (Å²) in [7, 11) is 2.16. The average molecular weight is 428 g/mol. The Labute approximate surface area is 188 Å². The second kappa shape index (κ2) is 8.24. The number of allylic oxidation sites excluding steroid dienone is 1. The molecule has 3 aliphatic rings. The van der Waals surface area contributed by atoms with Crippen LogP contribution in [-0.2, 0) is 6.42 Å². The third-order valence-electron chi connectivity index (χ3n) is 6.87. The molecule has 6 heteroatoms. The second-order valence-corrected chi connectivity index (χ2v) is 9.41. The largest absolute Gasteiger partial charge is 0.473 e. The van der Waals surface area contributed by atoms with Crippen LogP contribution in [-0.4, -0.2) is 51.1 Å². The number of benzene rings is 1. The van der Waals surface area contributed by atoms with E-state index in [2.05, 4.69) is 41.2 Å². The summed E-state index contributed by atoms with van der Waals surface area (Å²) in [6.45, 7) is 2.13. The quantitative estimate of drug-likeness (QED) is 0.609. The van der Waals surface area contributed by atoms with Crippen molar-refractivity contribution in [1.82, 2.24) is 24.8 Å². The van der Waals surface area contributed by atoms with Crippen LogP contribution < -0.4 is 4.74 Å². The van der Waals surface area contributed by atoms with E-state index in [1.165, 1.54) is 24.1 Å². The first-order valence-electron chi connectivity index (χ1n) is 11.9. The molecule has 3 heterocycles. The van der Waals surface area contributed by atoms with Gasteiger partial charge in [0.25, 0.3) is 0 Å². The molecule has 0 N–H and O–H groups in total. The Morgan fingerprint density at radius 1 is 0.969 bits per heavy atom. The lowest BCUT2D eigenvalue weighted by atomic mass is 9.97. The fourth-order valence-electron chi connectivity index (χ4n) is 4.78. The van der Waals surface area contributed by atoms with Crippen molar-refractivity contribution in [2.75, 3.05) is 20.1 Å². The van der Waals surface area contributed by atoms with Gasteiger partial charge in [-0.1, -0.05) is 12.1 Å². The van der Waals surface area contributed by atoms with Crippen LogP contribution in [0.1, 0.15) is 67.1 Å². The standard InChI is InChI=1S/C26H29N5O/c1-31-12-10-19(11-13-31)32-25-16-27-23-9-8-18(14-24(23)29-25)20-4-2-3-5-22-21(20)15-28-26(30-22)17-6-7-17/h4,8-9,14-17,19H,2-3,5-7,10-13H2,1H3. The Morgan fingerprint density at radius 3 is 2.69 bits per heavy atom. The van der Waals surface area contributed by atoms with E-state index in [-0.39, 0.29) is 6.10 Å². The number of rotatable bonds is 4. The van der Waals surface area contributed by atoms with Gasteiger partial charge in [0.2, 0.25) is 5.88 Å². The minimum Gasteiger partial charge on any atom is -0.473 e. The number of aryl methyl sites for hydroxylation is 1. The first-order chi connectivity index (χ1) is 15.7. The van der Waals surface area contributed by atoms with E-state index >= 15 is 0 Å². The average Bonchev–Trinajstić information content (AvgIpc) is 3.67. The van der Waals surface area contributed by atoms with Gasteiger partial charge in [0.15, 0.2) is 0 Å². The van der Waals surface area contributed by atoms with Gasteiger partial charge < -0.3 is 9.64 Å². The lowest BCUT2D eigenvalue weighted by Gasteiger charge is -2.28. The Balaban J connectivity index is 1.31. The number of aromatic nitrogens is 4. The predicted molar refractivity (Wildman–Crippen MR) is 125 cm³/mol. The van der Waals surface area contributed by atoms with Gasteiger partial charge in [0.05, 0.1) is 22.9 Å². The van der Waals surface area contributed by atoms with Gasteiger partial charge in [-0.3, -0.25) is 0 Å². The third-order valence-corrected chi connectivity index (χ3v) is 6.87. The third kappa shape index (κ3) is 3.99. The molecule has 1 saturated carbocycles. The lowest BCUT2D eigenvalue weighted by molar-refractivity contribution is 0.110. The van der Waals surface area contributed by atoms with Gasteiger partial charge in [-0.05, 0) is 75.3 Å². The molecule has 0 spiro atoms. The Morgan fingerprint density at radius 2 is 1.84 bits per heavy atom. The molecule has 1 aromatic carbocycles. The number of piperidine rings is 1. The molecule has 2 fully saturated rings. The van der Waals surface area contributed by atoms with Crippen LogP contribution in [0, 0.1) is 0 Å². The summed E-state index contributed by atoms with van der Waals surface area (Å²) in [5.41, 5.74) is 6.47. The highest BCUT2D eigenvalue weighted by molar-refractivity contribution is 5.86. The molecule has 0 bridgehead atoms. The van der Waals surface area contributed by atoms with Gasteiger partial charge in [-0.25, -0.2) is 19.9 Å². The minimum atomic E-state index is 0.218. The summed E-state index contributed by atoms with van der Waals surface area (Å²) >= 11 is 0. The molecule has 0 amide bonds. The summed E-state index contributed by atoms with van der Waals surface area (Å²) in [5, 5.41) is 0. The lowest BCUT2D eigenvalue weighted by Crippen LogP contribution is -2.35. The van der Waals surface area contributed by atoms with Gasteiger partial charge in [0, 0.05) is 30.8 Å². The SMILES string of the molecule is CN1CCC(Oc2cnc3ccc(C4=CCCCc5nc(C6CC6)ncc54)cc3n2)CC1. The molecule has 1 saturated heterocycles. The van der Waals surface area contributed by atoms with Crippen molar-refractivity contribution < 1.29 is 4.74 Å². The highest BCUT2D eigenvalue weighted by atomic mass is 16.5. The van der Waals surface area contributed by atoms with E-state index in [0.29, 0.717) is 11.8 Å². The first-order valence-corrected chi connectivity index (χ1v) is 11.9. The predicted octanol–water partition coefficient (Wildman–Crippen LogP) is 4.54. The molecule has 6 nitrogen and oxygen atoms in total. The minimum absolute atomic E-state index is 0.218. The van der Waals surface area contributed by atoms with Crippen LogP contribution in [0.25, 0.3) is 16.6 Å². The molecule has 2 aliphatic carbocycles. The monoisotopic (exact) mass is 427 g/mol. The second-order valence-electron chi connectivity index (χ2n) is 9.41. The summed E-state index contributed by atoms with van der Waals surface area (Å²) in [4.78, 5) is 21.4. The summed E-state index contributed by atoms with van der Waals surface area (Å²) in [6, 6.07) is 6.34. The van der Waals surface area contributed by atoms with E-state index in [1.807, 2.05) is 6.20 Å². The van der Waals surface area contributed by atoms with Crippen LogP contribution in [0.4, 0.5) is 0 Å². The van der Waals surface area contributed by atoms with Crippen molar-refractivity contribution in [2.45, 2.75) is 57.0 Å². The Bertz CT molecular complexity index is 1180. The van der Waals surface area contributed by atoms with Crippen LogP contribution >= 0.6 is 0 Å². The number of hydrogen-bond acceptors (Lipinski definition) is 6. The maximum absolute atomic E-state index is 6.18. The summed E-state index contributed by atoms with van der Waals surface area (Å²) in [6.07, 6.45) is 14.1. The van der Waals surface area contributed by atoms with Crippen LogP contribution in [0.3, 0.4) is 0 Å². The van der Waals surface area contributed by atoms with Crippen molar-refractivity contribution in [3.8, 4) is 5.88 Å². The van der Waals surface area contributed by atoms with E-state index in [9.17, 15) is 0 Å². The van der Waals surface area contributed by atoms with Gasteiger partial charge >= 0.3 is 0 Å². The molecular weight excluding hydrogens is 398 g/mol. The normalized spacial score (nSPS) is 20.0. The Hall–Kier alpha value is -2.86. The number of hydrogen-bond donors (Lipinski definition) is 0. The zero-order valence-corrected chi connectivity index (χ0v) is 18.6. The van der Waals surface area contributed by atoms with Crippen molar-refractivity contribution in [2.24, 2.45) is 0 Å². The van der Waals surface area contributed by atoms with E-state index in [1.54, 1.807) is 6.20 Å². The van der Waals surface area contributed by atoms with E-state index in [4.69, 9.17) is 19.7 Å². The summed E-state index contributed by atoms with van der Waals surface area (Å²) in [5.74, 6) is 2.23. The zero-order valence-electron chi connectivity index (χ0n) is 18.6. The molecule has 0 radical (unpaired) electrons. The van der Waals surface area contributed by atoms with Crippen LogP contribution in [0.5, 0.6) is 5.88 Å². The van der Waals surface area contributed by atoms with Crippen molar-refractivity contribution in [3.63, 3.8) is 0 Å². The maximum atomic E-state index is 6.18. The number of fused-ring (bicyclic) bond motifs is 2. The van der Waals surface area contributed by atoms with Crippen LogP contribution in [0.2, 0.25) is 0 Å². The fourth-order valence-corrected chi connectivity index (χ4v) is 4.78. The molecule has 1 aliphatic heterocycles. The number of nitrogens with zero attached hydrogens (tertiary/aromatic N) is 5. The molecule has 32 heavy (non-hydrogen) atoms. The molecule has 164 valence electrons. The molecule has 3 aromatic rings.